The Bertz CT molecular complexity index is 466. The second kappa shape index (κ2) is 7.98. The van der Waals surface area contributed by atoms with Crippen LogP contribution in [0.4, 0.5) is 11.6 Å². The van der Waals surface area contributed by atoms with Crippen molar-refractivity contribution in [1.29, 1.82) is 0 Å². The molecule has 0 amide bonds. The highest BCUT2D eigenvalue weighted by molar-refractivity contribution is 6.31. The minimum Gasteiger partial charge on any atom is -0.382 e. The third-order valence-corrected chi connectivity index (χ3v) is 3.07. The fraction of sp³-hybridized carbons (Fsp3) is 0.583. The first-order chi connectivity index (χ1) is 9.49. The van der Waals surface area contributed by atoms with Crippen LogP contribution in [0.1, 0.15) is 36.2 Å². The Hall–Kier alpha value is -1.44. The monoisotopic (exact) mass is 302 g/mol. The predicted octanol–water partition coefficient (Wildman–Crippen LogP) is 1.66. The number of carbonyl (C=O) groups excluding carboxylic acids is 1. The molecule has 0 aliphatic heterocycles. The molecule has 8 heteroatoms. The van der Waals surface area contributed by atoms with Gasteiger partial charge in [0, 0.05) is 20.6 Å². The number of halogens is 1. The maximum atomic E-state index is 12.0. The van der Waals surface area contributed by atoms with Gasteiger partial charge in [0.05, 0.1) is 0 Å². The van der Waals surface area contributed by atoms with Crippen molar-refractivity contribution in [2.45, 2.75) is 32.0 Å². The largest absolute Gasteiger partial charge is 0.382 e. The standard InChI is InChI=1S/C12H19ClN4O3/c1-19-8(20-2)6-4-3-5-7(18)9-11(14)17-12(15)10(13)16-9/h8H,3-6H2,1-2H3,(H4,14,15,17). The number of hydrogen-bond acceptors (Lipinski definition) is 7. The Morgan fingerprint density at radius 1 is 1.20 bits per heavy atom. The number of aromatic nitrogens is 2. The molecule has 0 saturated carbocycles. The zero-order chi connectivity index (χ0) is 15.1. The summed E-state index contributed by atoms with van der Waals surface area (Å²) in [6.45, 7) is 0. The van der Waals surface area contributed by atoms with Crippen LogP contribution in [0.3, 0.4) is 0 Å². The van der Waals surface area contributed by atoms with Crippen LogP contribution in [-0.4, -0.2) is 36.3 Å². The zero-order valence-corrected chi connectivity index (χ0v) is 12.3. The molecule has 0 spiro atoms. The molecule has 4 N–H and O–H groups in total. The Kier molecular flexibility index (Phi) is 6.63. The lowest BCUT2D eigenvalue weighted by Crippen LogP contribution is -2.13. The number of nitrogens with zero attached hydrogens (tertiary/aromatic N) is 2. The van der Waals surface area contributed by atoms with Gasteiger partial charge in [-0.15, -0.1) is 0 Å². The molecule has 1 aromatic heterocycles. The molecule has 1 heterocycles. The highest BCUT2D eigenvalue weighted by atomic mass is 35.5. The van der Waals surface area contributed by atoms with Gasteiger partial charge in [-0.2, -0.15) is 0 Å². The molecule has 20 heavy (non-hydrogen) atoms. The summed E-state index contributed by atoms with van der Waals surface area (Å²) in [5.41, 5.74) is 11.1. The molecule has 1 rings (SSSR count). The Balaban J connectivity index is 2.49. The van der Waals surface area contributed by atoms with Crippen molar-refractivity contribution in [2.75, 3.05) is 25.7 Å². The number of nitrogens with two attached hydrogens (primary N) is 2. The average Bonchev–Trinajstić information content (AvgIpc) is 2.42. The van der Waals surface area contributed by atoms with E-state index in [1.807, 2.05) is 0 Å². The summed E-state index contributed by atoms with van der Waals surface area (Å²) >= 11 is 5.73. The van der Waals surface area contributed by atoms with E-state index in [2.05, 4.69) is 9.97 Å². The van der Waals surface area contributed by atoms with Crippen molar-refractivity contribution < 1.29 is 14.3 Å². The second-order valence-corrected chi connectivity index (χ2v) is 4.56. The van der Waals surface area contributed by atoms with E-state index < -0.39 is 0 Å². The van der Waals surface area contributed by atoms with Gasteiger partial charge >= 0.3 is 0 Å². The number of nitrogen functional groups attached to an aromatic ring is 2. The van der Waals surface area contributed by atoms with Gasteiger partial charge in [-0.25, -0.2) is 9.97 Å². The fourth-order valence-corrected chi connectivity index (χ4v) is 1.82. The normalized spacial score (nSPS) is 11.0. The van der Waals surface area contributed by atoms with E-state index in [-0.39, 0.29) is 34.6 Å². The Morgan fingerprint density at radius 2 is 1.85 bits per heavy atom. The lowest BCUT2D eigenvalue weighted by Gasteiger charge is -2.12. The zero-order valence-electron chi connectivity index (χ0n) is 11.6. The summed E-state index contributed by atoms with van der Waals surface area (Å²) in [5, 5.41) is -0.0126. The number of ketones is 1. The summed E-state index contributed by atoms with van der Waals surface area (Å²) in [6.07, 6.45) is 2.23. The number of hydrogen-bond donors (Lipinski definition) is 2. The number of ether oxygens (including phenoxy) is 2. The second-order valence-electron chi connectivity index (χ2n) is 4.20. The number of anilines is 2. The molecular weight excluding hydrogens is 284 g/mol. The van der Waals surface area contributed by atoms with E-state index in [9.17, 15) is 4.79 Å². The van der Waals surface area contributed by atoms with Gasteiger partial charge in [0.1, 0.15) is 5.69 Å². The van der Waals surface area contributed by atoms with Crippen LogP contribution in [0.25, 0.3) is 0 Å². The van der Waals surface area contributed by atoms with E-state index in [1.165, 1.54) is 0 Å². The van der Waals surface area contributed by atoms with Gasteiger partial charge in [0.2, 0.25) is 0 Å². The van der Waals surface area contributed by atoms with Crippen LogP contribution in [0.15, 0.2) is 0 Å². The molecule has 0 saturated heterocycles. The summed E-state index contributed by atoms with van der Waals surface area (Å²) in [6, 6.07) is 0. The van der Waals surface area contributed by atoms with Gasteiger partial charge < -0.3 is 20.9 Å². The first kappa shape index (κ1) is 16.6. The molecule has 112 valence electrons. The van der Waals surface area contributed by atoms with Gasteiger partial charge in [-0.3, -0.25) is 4.79 Å². The van der Waals surface area contributed by atoms with Crippen LogP contribution >= 0.6 is 11.6 Å². The summed E-state index contributed by atoms with van der Waals surface area (Å²) < 4.78 is 10.1. The lowest BCUT2D eigenvalue weighted by atomic mass is 10.1. The quantitative estimate of drug-likeness (QED) is 0.426. The smallest absolute Gasteiger partial charge is 0.185 e. The summed E-state index contributed by atoms with van der Waals surface area (Å²) in [7, 11) is 3.15. The SMILES string of the molecule is COC(CCCCC(=O)c1nc(Cl)c(N)nc1N)OC. The van der Waals surface area contributed by atoms with E-state index in [4.69, 9.17) is 32.5 Å². The molecule has 7 nitrogen and oxygen atoms in total. The van der Waals surface area contributed by atoms with Crippen molar-refractivity contribution in [1.82, 2.24) is 9.97 Å². The molecule has 0 atom stereocenters. The summed E-state index contributed by atoms with van der Waals surface area (Å²) in [5.74, 6) is -0.185. The van der Waals surface area contributed by atoms with Crippen molar-refractivity contribution in [3.05, 3.63) is 10.8 Å². The first-order valence-electron chi connectivity index (χ1n) is 6.16. The average molecular weight is 303 g/mol. The number of carbonyl (C=O) groups is 1. The lowest BCUT2D eigenvalue weighted by molar-refractivity contribution is -0.107. The van der Waals surface area contributed by atoms with Gasteiger partial charge in [0.15, 0.2) is 28.9 Å². The highest BCUT2D eigenvalue weighted by Crippen LogP contribution is 2.19. The molecular formula is C12H19ClN4O3. The maximum absolute atomic E-state index is 12.0. The molecule has 1 aromatic rings. The number of Topliss-reactive ketones (excluding diaryl/α,β-unsaturated/α-hetero) is 1. The highest BCUT2D eigenvalue weighted by Gasteiger charge is 2.15. The van der Waals surface area contributed by atoms with Crippen molar-refractivity contribution in [3.8, 4) is 0 Å². The third-order valence-electron chi connectivity index (χ3n) is 2.79. The number of rotatable bonds is 8. The molecule has 0 fully saturated rings. The van der Waals surface area contributed by atoms with Crippen LogP contribution in [0.2, 0.25) is 5.15 Å². The van der Waals surface area contributed by atoms with E-state index >= 15 is 0 Å². The van der Waals surface area contributed by atoms with Crippen molar-refractivity contribution in [2.24, 2.45) is 0 Å². The molecule has 0 bridgehead atoms. The molecule has 0 aliphatic rings. The van der Waals surface area contributed by atoms with Crippen LogP contribution in [0, 0.1) is 0 Å². The van der Waals surface area contributed by atoms with E-state index in [0.29, 0.717) is 19.3 Å². The topological polar surface area (TPSA) is 113 Å². The minimum atomic E-state index is -0.249. The van der Waals surface area contributed by atoms with E-state index in [0.717, 1.165) is 6.42 Å². The molecule has 0 aromatic carbocycles. The third kappa shape index (κ3) is 4.59. The van der Waals surface area contributed by atoms with Crippen molar-refractivity contribution in [3.63, 3.8) is 0 Å². The summed E-state index contributed by atoms with van der Waals surface area (Å²) in [4.78, 5) is 19.6. The number of methoxy groups -OCH3 is 2. The van der Waals surface area contributed by atoms with Crippen LogP contribution < -0.4 is 11.5 Å². The van der Waals surface area contributed by atoms with Crippen LogP contribution in [-0.2, 0) is 9.47 Å². The predicted molar refractivity (Wildman–Crippen MR) is 76.5 cm³/mol. The number of unbranched alkanes of at least 4 members (excludes halogenated alkanes) is 1. The van der Waals surface area contributed by atoms with Gasteiger partial charge in [-0.05, 0) is 19.3 Å². The molecule has 0 unspecified atom stereocenters. The Labute approximate surface area is 122 Å². The maximum Gasteiger partial charge on any atom is 0.185 e. The van der Waals surface area contributed by atoms with Crippen molar-refractivity contribution >= 4 is 29.0 Å². The van der Waals surface area contributed by atoms with Gasteiger partial charge in [0.25, 0.3) is 0 Å². The van der Waals surface area contributed by atoms with Gasteiger partial charge in [-0.1, -0.05) is 11.6 Å². The molecule has 0 aliphatic carbocycles. The Morgan fingerprint density at radius 3 is 2.45 bits per heavy atom. The molecule has 0 radical (unpaired) electrons. The van der Waals surface area contributed by atoms with E-state index in [1.54, 1.807) is 14.2 Å². The fourth-order valence-electron chi connectivity index (χ4n) is 1.69. The van der Waals surface area contributed by atoms with Crippen LogP contribution in [0.5, 0.6) is 0 Å². The minimum absolute atomic E-state index is 0.00330. The first-order valence-corrected chi connectivity index (χ1v) is 6.54.